The van der Waals surface area contributed by atoms with Crippen molar-refractivity contribution in [2.24, 2.45) is 7.05 Å². The van der Waals surface area contributed by atoms with Crippen LogP contribution in [0.5, 0.6) is 0 Å². The monoisotopic (exact) mass is 501 g/mol. The molecule has 0 spiro atoms. The van der Waals surface area contributed by atoms with Gasteiger partial charge in [-0.2, -0.15) is 10.2 Å². The standard InChI is InChI=1S/C26H25F2N9/c1-17(22-4-3-21(27)10-23(22)28)19-11-29-26(30-12-19)36-7-5-35(6-8-36)25-24-9-18(15-37(24)33-16-31-25)20-13-32-34(2)14-20/h3-4,9-17H,5-8H2,1-2H3/t17-/m0/s1. The van der Waals surface area contributed by atoms with Crippen LogP contribution >= 0.6 is 0 Å². The summed E-state index contributed by atoms with van der Waals surface area (Å²) in [6, 6.07) is 5.73. The number of fused-ring (bicyclic) bond motifs is 1. The summed E-state index contributed by atoms with van der Waals surface area (Å²) in [4.78, 5) is 18.0. The summed E-state index contributed by atoms with van der Waals surface area (Å²) in [6.07, 6.45) is 10.8. The van der Waals surface area contributed by atoms with E-state index in [0.29, 0.717) is 11.5 Å². The van der Waals surface area contributed by atoms with E-state index in [0.717, 1.165) is 60.3 Å². The molecule has 0 bridgehead atoms. The van der Waals surface area contributed by atoms with Crippen LogP contribution in [0.15, 0.2) is 61.6 Å². The lowest BCUT2D eigenvalue weighted by molar-refractivity contribution is 0.567. The molecule has 1 saturated heterocycles. The number of aromatic nitrogens is 7. The Morgan fingerprint density at radius 2 is 1.59 bits per heavy atom. The van der Waals surface area contributed by atoms with Crippen LogP contribution in [0.3, 0.4) is 0 Å². The van der Waals surface area contributed by atoms with Gasteiger partial charge >= 0.3 is 0 Å². The van der Waals surface area contributed by atoms with Gasteiger partial charge in [0, 0.05) is 81.1 Å². The molecule has 1 aliphatic heterocycles. The van der Waals surface area contributed by atoms with E-state index in [1.165, 1.54) is 12.1 Å². The Kier molecular flexibility index (Phi) is 5.74. The van der Waals surface area contributed by atoms with Gasteiger partial charge in [0.2, 0.25) is 5.95 Å². The number of halogens is 2. The van der Waals surface area contributed by atoms with E-state index in [1.807, 2.05) is 37.1 Å². The van der Waals surface area contributed by atoms with Crippen LogP contribution in [-0.4, -0.2) is 60.5 Å². The molecule has 6 rings (SSSR count). The predicted molar refractivity (Wildman–Crippen MR) is 136 cm³/mol. The maximum atomic E-state index is 14.2. The first-order valence-corrected chi connectivity index (χ1v) is 12.1. The fourth-order valence-corrected chi connectivity index (χ4v) is 4.76. The van der Waals surface area contributed by atoms with Crippen molar-refractivity contribution >= 4 is 17.3 Å². The molecule has 37 heavy (non-hydrogen) atoms. The second-order valence-corrected chi connectivity index (χ2v) is 9.22. The summed E-state index contributed by atoms with van der Waals surface area (Å²) >= 11 is 0. The second-order valence-electron chi connectivity index (χ2n) is 9.22. The topological polar surface area (TPSA) is 80.3 Å². The third-order valence-corrected chi connectivity index (χ3v) is 6.87. The van der Waals surface area contributed by atoms with Crippen molar-refractivity contribution < 1.29 is 8.78 Å². The number of anilines is 2. The molecule has 0 unspecified atom stereocenters. The molecule has 11 heteroatoms. The van der Waals surface area contributed by atoms with E-state index in [-0.39, 0.29) is 5.92 Å². The van der Waals surface area contributed by atoms with Crippen LogP contribution in [0.2, 0.25) is 0 Å². The Morgan fingerprint density at radius 3 is 2.30 bits per heavy atom. The van der Waals surface area contributed by atoms with E-state index in [9.17, 15) is 8.78 Å². The molecule has 1 aliphatic rings. The van der Waals surface area contributed by atoms with Gasteiger partial charge < -0.3 is 9.80 Å². The fraction of sp³-hybridized carbons (Fsp3) is 0.269. The van der Waals surface area contributed by atoms with E-state index in [1.54, 1.807) is 23.4 Å². The van der Waals surface area contributed by atoms with Gasteiger partial charge in [0.1, 0.15) is 23.5 Å². The number of hydrogen-bond donors (Lipinski definition) is 0. The zero-order valence-electron chi connectivity index (χ0n) is 20.5. The number of rotatable bonds is 5. The predicted octanol–water partition coefficient (Wildman–Crippen LogP) is 3.68. The molecule has 9 nitrogen and oxygen atoms in total. The molecule has 0 N–H and O–H groups in total. The number of piperazine rings is 1. The van der Waals surface area contributed by atoms with Crippen molar-refractivity contribution in [1.29, 1.82) is 0 Å². The van der Waals surface area contributed by atoms with Crippen LogP contribution < -0.4 is 9.80 Å². The van der Waals surface area contributed by atoms with E-state index < -0.39 is 11.6 Å². The Balaban J connectivity index is 1.15. The first-order chi connectivity index (χ1) is 18.0. The Labute approximate surface area is 212 Å². The molecule has 0 radical (unpaired) electrons. The summed E-state index contributed by atoms with van der Waals surface area (Å²) < 4.78 is 31.1. The van der Waals surface area contributed by atoms with Crippen LogP contribution in [0.25, 0.3) is 16.6 Å². The van der Waals surface area contributed by atoms with Crippen molar-refractivity contribution in [2.45, 2.75) is 12.8 Å². The third kappa shape index (κ3) is 4.37. The Hall–Kier alpha value is -4.41. The van der Waals surface area contributed by atoms with Crippen LogP contribution in [-0.2, 0) is 7.05 Å². The van der Waals surface area contributed by atoms with Gasteiger partial charge in [0.15, 0.2) is 5.82 Å². The molecule has 0 aliphatic carbocycles. The van der Waals surface area contributed by atoms with Gasteiger partial charge in [-0.3, -0.25) is 4.68 Å². The molecular formula is C26H25F2N9. The van der Waals surface area contributed by atoms with Crippen molar-refractivity contribution in [3.63, 3.8) is 0 Å². The maximum absolute atomic E-state index is 14.2. The van der Waals surface area contributed by atoms with Gasteiger partial charge in [-0.25, -0.2) is 28.2 Å². The van der Waals surface area contributed by atoms with Gasteiger partial charge in [0.05, 0.1) is 6.20 Å². The molecule has 5 heterocycles. The lowest BCUT2D eigenvalue weighted by atomic mass is 9.95. The largest absolute Gasteiger partial charge is 0.351 e. The lowest BCUT2D eigenvalue weighted by Gasteiger charge is -2.35. The van der Waals surface area contributed by atoms with Crippen LogP contribution in [0, 0.1) is 11.6 Å². The number of aryl methyl sites for hydroxylation is 1. The highest BCUT2D eigenvalue weighted by atomic mass is 19.1. The summed E-state index contributed by atoms with van der Waals surface area (Å²) in [5.74, 6) is 0.0703. The molecule has 188 valence electrons. The Morgan fingerprint density at radius 1 is 0.838 bits per heavy atom. The second kappa shape index (κ2) is 9.23. The van der Waals surface area contributed by atoms with E-state index in [4.69, 9.17) is 0 Å². The molecule has 1 fully saturated rings. The molecular weight excluding hydrogens is 476 g/mol. The zero-order chi connectivity index (χ0) is 25.5. The van der Waals surface area contributed by atoms with E-state index >= 15 is 0 Å². The highest BCUT2D eigenvalue weighted by Crippen LogP contribution is 2.29. The number of nitrogens with zero attached hydrogens (tertiary/aromatic N) is 9. The van der Waals surface area contributed by atoms with Gasteiger partial charge in [-0.15, -0.1) is 0 Å². The highest BCUT2D eigenvalue weighted by molar-refractivity contribution is 5.77. The van der Waals surface area contributed by atoms with Gasteiger partial charge in [0.25, 0.3) is 0 Å². The first kappa shape index (κ1) is 23.0. The molecule has 4 aromatic heterocycles. The summed E-state index contributed by atoms with van der Waals surface area (Å²) in [5, 5.41) is 8.65. The third-order valence-electron chi connectivity index (χ3n) is 6.87. The minimum Gasteiger partial charge on any atom is -0.351 e. The minimum absolute atomic E-state index is 0.287. The fourth-order valence-electron chi connectivity index (χ4n) is 4.76. The highest BCUT2D eigenvalue weighted by Gasteiger charge is 2.23. The van der Waals surface area contributed by atoms with E-state index in [2.05, 4.69) is 41.0 Å². The smallest absolute Gasteiger partial charge is 0.225 e. The normalized spacial score (nSPS) is 14.9. The van der Waals surface area contributed by atoms with Crippen molar-refractivity contribution in [1.82, 2.24) is 34.3 Å². The molecule has 1 atom stereocenters. The molecule has 0 amide bonds. The average molecular weight is 502 g/mol. The maximum Gasteiger partial charge on any atom is 0.225 e. The molecule has 1 aromatic carbocycles. The minimum atomic E-state index is -0.590. The van der Waals surface area contributed by atoms with Gasteiger partial charge in [-0.05, 0) is 23.3 Å². The Bertz CT molecular complexity index is 1550. The number of hydrogen-bond acceptors (Lipinski definition) is 7. The number of benzene rings is 1. The quantitative estimate of drug-likeness (QED) is 0.364. The van der Waals surface area contributed by atoms with Crippen molar-refractivity contribution in [3.8, 4) is 11.1 Å². The van der Waals surface area contributed by atoms with Crippen LogP contribution in [0.1, 0.15) is 24.0 Å². The summed E-state index contributed by atoms with van der Waals surface area (Å²) in [5.41, 5.74) is 4.20. The summed E-state index contributed by atoms with van der Waals surface area (Å²) in [6.45, 7) is 4.82. The van der Waals surface area contributed by atoms with Crippen molar-refractivity contribution in [3.05, 3.63) is 84.3 Å². The SMILES string of the molecule is C[C@@H](c1cnc(N2CCN(c3ncnn4cc(-c5cnn(C)c5)cc34)CC2)nc1)c1ccc(F)cc1F. The lowest BCUT2D eigenvalue weighted by Crippen LogP contribution is -2.47. The average Bonchev–Trinajstić information content (AvgIpc) is 3.55. The summed E-state index contributed by atoms with van der Waals surface area (Å²) in [7, 11) is 1.90. The zero-order valence-corrected chi connectivity index (χ0v) is 20.5. The molecule has 5 aromatic rings. The van der Waals surface area contributed by atoms with Gasteiger partial charge in [-0.1, -0.05) is 13.0 Å². The first-order valence-electron chi connectivity index (χ1n) is 12.1. The van der Waals surface area contributed by atoms with Crippen molar-refractivity contribution in [2.75, 3.05) is 36.0 Å². The van der Waals surface area contributed by atoms with Crippen LogP contribution in [0.4, 0.5) is 20.5 Å². The molecule has 0 saturated carbocycles.